The van der Waals surface area contributed by atoms with Crippen molar-refractivity contribution in [1.29, 1.82) is 0 Å². The van der Waals surface area contributed by atoms with Gasteiger partial charge in [0.15, 0.2) is 5.75 Å². The average molecular weight is 274 g/mol. The van der Waals surface area contributed by atoms with E-state index in [1.807, 2.05) is 0 Å². The molecule has 1 aliphatic carbocycles. The number of hydrazine groups is 1. The van der Waals surface area contributed by atoms with Crippen LogP contribution in [0.1, 0.15) is 37.4 Å². The molecule has 0 bridgehead atoms. The highest BCUT2D eigenvalue weighted by atomic mass is 19.3. The second kappa shape index (κ2) is 5.42. The number of nitrogens with zero attached hydrogens (tertiary/aromatic N) is 2. The summed E-state index contributed by atoms with van der Waals surface area (Å²) in [6.45, 7) is 0. The first-order chi connectivity index (χ1) is 8.98. The van der Waals surface area contributed by atoms with Crippen molar-refractivity contribution in [3.63, 3.8) is 0 Å². The maximum absolute atomic E-state index is 13.6. The van der Waals surface area contributed by atoms with Crippen LogP contribution in [0.3, 0.4) is 0 Å². The topological polar surface area (TPSA) is 65.1 Å². The Morgan fingerprint density at radius 3 is 2.95 bits per heavy atom. The molecule has 3 N–H and O–H groups in total. The largest absolute Gasteiger partial charge is 0.493 e. The van der Waals surface area contributed by atoms with E-state index in [0.29, 0.717) is 17.9 Å². The molecule has 0 saturated heterocycles. The number of ether oxygens (including phenoxy) is 1. The van der Waals surface area contributed by atoms with E-state index in [4.69, 9.17) is 10.6 Å². The van der Waals surface area contributed by atoms with E-state index in [9.17, 15) is 8.78 Å². The van der Waals surface area contributed by atoms with Crippen molar-refractivity contribution in [3.05, 3.63) is 11.9 Å². The molecular weight excluding hydrogens is 254 g/mol. The predicted molar refractivity (Wildman–Crippen MR) is 66.7 cm³/mol. The molecule has 1 aromatic rings. The van der Waals surface area contributed by atoms with E-state index in [0.717, 1.165) is 6.42 Å². The maximum atomic E-state index is 13.6. The number of nitrogens with two attached hydrogens (primary N) is 1. The molecule has 19 heavy (non-hydrogen) atoms. The van der Waals surface area contributed by atoms with Crippen molar-refractivity contribution in [2.24, 2.45) is 18.8 Å². The molecule has 1 aliphatic rings. The van der Waals surface area contributed by atoms with E-state index in [1.165, 1.54) is 7.11 Å². The number of hydrogen-bond donors (Lipinski definition) is 2. The van der Waals surface area contributed by atoms with E-state index in [2.05, 4.69) is 10.5 Å². The summed E-state index contributed by atoms with van der Waals surface area (Å²) >= 11 is 0. The molecule has 0 aromatic carbocycles. The highest BCUT2D eigenvalue weighted by Gasteiger charge is 2.41. The fourth-order valence-corrected chi connectivity index (χ4v) is 2.87. The molecule has 1 aromatic heterocycles. The van der Waals surface area contributed by atoms with Gasteiger partial charge in [0.2, 0.25) is 5.92 Å². The van der Waals surface area contributed by atoms with Gasteiger partial charge in [-0.25, -0.2) is 8.78 Å². The van der Waals surface area contributed by atoms with Gasteiger partial charge in [0.1, 0.15) is 0 Å². The highest BCUT2D eigenvalue weighted by Crippen LogP contribution is 2.43. The van der Waals surface area contributed by atoms with Gasteiger partial charge >= 0.3 is 0 Å². The molecule has 0 radical (unpaired) electrons. The van der Waals surface area contributed by atoms with Gasteiger partial charge in [-0.15, -0.1) is 0 Å². The molecule has 0 amide bonds. The zero-order chi connectivity index (χ0) is 14.0. The standard InChI is InChI=1S/C12H20F2N4O/c1-18-11(9(19-2)7-16-18)10(17-15)8-4-3-5-12(13,14)6-8/h7-8,10,17H,3-6,15H2,1-2H3. The van der Waals surface area contributed by atoms with Gasteiger partial charge in [0, 0.05) is 19.9 Å². The van der Waals surface area contributed by atoms with Crippen LogP contribution in [0.25, 0.3) is 0 Å². The molecule has 2 unspecified atom stereocenters. The van der Waals surface area contributed by atoms with Gasteiger partial charge < -0.3 is 4.74 Å². The number of aromatic nitrogens is 2. The normalized spacial score (nSPS) is 24.2. The van der Waals surface area contributed by atoms with Crippen molar-refractivity contribution in [3.8, 4) is 5.75 Å². The molecule has 5 nitrogen and oxygen atoms in total. The summed E-state index contributed by atoms with van der Waals surface area (Å²) in [5.74, 6) is 3.32. The minimum atomic E-state index is -2.61. The summed E-state index contributed by atoms with van der Waals surface area (Å²) in [7, 11) is 3.28. The van der Waals surface area contributed by atoms with Gasteiger partial charge in [0.25, 0.3) is 0 Å². The van der Waals surface area contributed by atoms with Crippen LogP contribution >= 0.6 is 0 Å². The molecule has 2 rings (SSSR count). The Balaban J connectivity index is 2.26. The van der Waals surface area contributed by atoms with E-state index in [-0.39, 0.29) is 24.8 Å². The molecule has 108 valence electrons. The Bertz CT molecular complexity index is 435. The minimum Gasteiger partial charge on any atom is -0.493 e. The summed E-state index contributed by atoms with van der Waals surface area (Å²) < 4.78 is 34.0. The highest BCUT2D eigenvalue weighted by molar-refractivity contribution is 5.28. The Kier molecular flexibility index (Phi) is 4.05. The SMILES string of the molecule is COc1cnn(C)c1C(NN)C1CCCC(F)(F)C1. The Hall–Kier alpha value is -1.21. The van der Waals surface area contributed by atoms with Crippen LogP contribution in [-0.4, -0.2) is 22.8 Å². The van der Waals surface area contributed by atoms with Crippen LogP contribution in [0.4, 0.5) is 8.78 Å². The number of methoxy groups -OCH3 is 1. The van der Waals surface area contributed by atoms with Gasteiger partial charge in [-0.05, 0) is 18.8 Å². The third-order valence-electron chi connectivity index (χ3n) is 3.79. The summed E-state index contributed by atoms with van der Waals surface area (Å²) in [5, 5.41) is 4.10. The molecule has 0 spiro atoms. The third kappa shape index (κ3) is 2.87. The van der Waals surface area contributed by atoms with Crippen molar-refractivity contribution in [2.75, 3.05) is 7.11 Å². The van der Waals surface area contributed by atoms with E-state index < -0.39 is 5.92 Å². The monoisotopic (exact) mass is 274 g/mol. The second-order valence-corrected chi connectivity index (χ2v) is 5.08. The lowest BCUT2D eigenvalue weighted by molar-refractivity contribution is -0.0589. The van der Waals surface area contributed by atoms with E-state index in [1.54, 1.807) is 17.9 Å². The lowest BCUT2D eigenvalue weighted by Crippen LogP contribution is -2.39. The molecule has 1 fully saturated rings. The van der Waals surface area contributed by atoms with Gasteiger partial charge in [-0.3, -0.25) is 16.0 Å². The number of halogens is 2. The second-order valence-electron chi connectivity index (χ2n) is 5.08. The lowest BCUT2D eigenvalue weighted by atomic mass is 9.80. The molecule has 1 heterocycles. The minimum absolute atomic E-state index is 0.0384. The molecule has 7 heteroatoms. The zero-order valence-corrected chi connectivity index (χ0v) is 11.2. The first-order valence-corrected chi connectivity index (χ1v) is 6.38. The number of nitrogens with one attached hydrogen (secondary N) is 1. The fourth-order valence-electron chi connectivity index (χ4n) is 2.87. The van der Waals surface area contributed by atoms with Gasteiger partial charge in [0.05, 0.1) is 25.0 Å². The zero-order valence-electron chi connectivity index (χ0n) is 11.2. The van der Waals surface area contributed by atoms with Crippen LogP contribution in [0.2, 0.25) is 0 Å². The van der Waals surface area contributed by atoms with Crippen LogP contribution < -0.4 is 16.0 Å². The molecule has 2 atom stereocenters. The number of alkyl halides is 2. The van der Waals surface area contributed by atoms with Crippen LogP contribution in [0, 0.1) is 5.92 Å². The summed E-state index contributed by atoms with van der Waals surface area (Å²) in [5.41, 5.74) is 3.37. The first-order valence-electron chi connectivity index (χ1n) is 6.38. The molecular formula is C12H20F2N4O. The number of rotatable bonds is 4. The average Bonchev–Trinajstić information content (AvgIpc) is 2.71. The van der Waals surface area contributed by atoms with Crippen LogP contribution in [0.15, 0.2) is 6.20 Å². The fraction of sp³-hybridized carbons (Fsp3) is 0.750. The molecule has 1 saturated carbocycles. The Morgan fingerprint density at radius 1 is 1.63 bits per heavy atom. The number of aryl methyl sites for hydroxylation is 1. The smallest absolute Gasteiger partial charge is 0.248 e. The third-order valence-corrected chi connectivity index (χ3v) is 3.79. The summed E-state index contributed by atoms with van der Waals surface area (Å²) in [6, 6.07) is -0.381. The van der Waals surface area contributed by atoms with Crippen molar-refractivity contribution in [2.45, 2.75) is 37.6 Å². The van der Waals surface area contributed by atoms with Crippen molar-refractivity contribution < 1.29 is 13.5 Å². The van der Waals surface area contributed by atoms with Crippen LogP contribution in [0.5, 0.6) is 5.75 Å². The van der Waals surface area contributed by atoms with Crippen LogP contribution in [-0.2, 0) is 7.05 Å². The first kappa shape index (κ1) is 14.2. The Labute approximate surface area is 111 Å². The van der Waals surface area contributed by atoms with Gasteiger partial charge in [-0.2, -0.15) is 5.10 Å². The molecule has 0 aliphatic heterocycles. The predicted octanol–water partition coefficient (Wildman–Crippen LogP) is 1.76. The Morgan fingerprint density at radius 2 is 2.37 bits per heavy atom. The van der Waals surface area contributed by atoms with E-state index >= 15 is 0 Å². The lowest BCUT2D eigenvalue weighted by Gasteiger charge is -2.34. The maximum Gasteiger partial charge on any atom is 0.248 e. The summed E-state index contributed by atoms with van der Waals surface area (Å²) in [6.07, 6.45) is 2.61. The summed E-state index contributed by atoms with van der Waals surface area (Å²) in [4.78, 5) is 0. The van der Waals surface area contributed by atoms with Crippen molar-refractivity contribution >= 4 is 0 Å². The quantitative estimate of drug-likeness (QED) is 0.648. The van der Waals surface area contributed by atoms with Crippen molar-refractivity contribution in [1.82, 2.24) is 15.2 Å². The number of hydrogen-bond acceptors (Lipinski definition) is 4. The van der Waals surface area contributed by atoms with Gasteiger partial charge in [-0.1, -0.05) is 0 Å².